The van der Waals surface area contributed by atoms with Crippen LogP contribution in [0.15, 0.2) is 42.5 Å². The molecule has 0 spiro atoms. The summed E-state index contributed by atoms with van der Waals surface area (Å²) in [6.07, 6.45) is -0.335. The van der Waals surface area contributed by atoms with Crippen molar-refractivity contribution in [1.82, 2.24) is 0 Å². The van der Waals surface area contributed by atoms with Gasteiger partial charge in [0.05, 0.1) is 0 Å². The topological polar surface area (TPSA) is 35.2 Å². The Labute approximate surface area is 123 Å². The van der Waals surface area contributed by atoms with Gasteiger partial charge in [-0.2, -0.15) is 0 Å². The molecule has 2 aromatic rings. The van der Waals surface area contributed by atoms with Crippen molar-refractivity contribution in [2.24, 2.45) is 5.73 Å². The van der Waals surface area contributed by atoms with E-state index in [2.05, 4.69) is 0 Å². The number of halogens is 2. The Morgan fingerprint density at radius 3 is 2.55 bits per heavy atom. The number of ether oxygens (including phenoxy) is 1. The summed E-state index contributed by atoms with van der Waals surface area (Å²) in [5.74, 6) is 0.337. The predicted molar refractivity (Wildman–Crippen MR) is 79.6 cm³/mol. The Balaban J connectivity index is 2.28. The summed E-state index contributed by atoms with van der Waals surface area (Å²) >= 11 is 6.00. The normalized spacial score (nSPS) is 13.8. The first-order valence-electron chi connectivity index (χ1n) is 6.41. The molecule has 4 heteroatoms. The van der Waals surface area contributed by atoms with Crippen LogP contribution in [0.3, 0.4) is 0 Å². The molecule has 0 saturated heterocycles. The average Bonchev–Trinajstić information content (AvgIpc) is 2.39. The monoisotopic (exact) mass is 293 g/mol. The van der Waals surface area contributed by atoms with Crippen molar-refractivity contribution in [3.63, 3.8) is 0 Å². The molecule has 2 nitrogen and oxygen atoms in total. The van der Waals surface area contributed by atoms with Crippen LogP contribution in [0.1, 0.15) is 24.2 Å². The van der Waals surface area contributed by atoms with Gasteiger partial charge in [-0.25, -0.2) is 4.39 Å². The second-order valence-corrected chi connectivity index (χ2v) is 5.30. The highest BCUT2D eigenvalue weighted by atomic mass is 35.5. The van der Waals surface area contributed by atoms with Crippen molar-refractivity contribution in [2.75, 3.05) is 0 Å². The summed E-state index contributed by atoms with van der Waals surface area (Å²) in [6, 6.07) is 11.8. The Bertz CT molecular complexity index is 601. The Hall–Kier alpha value is -1.58. The van der Waals surface area contributed by atoms with Crippen LogP contribution >= 0.6 is 11.6 Å². The van der Waals surface area contributed by atoms with Crippen molar-refractivity contribution in [3.8, 4) is 5.75 Å². The fourth-order valence-corrected chi connectivity index (χ4v) is 2.20. The third kappa shape index (κ3) is 3.50. The van der Waals surface area contributed by atoms with Crippen LogP contribution in [0.2, 0.25) is 5.02 Å². The van der Waals surface area contributed by atoms with Gasteiger partial charge in [-0.15, -0.1) is 0 Å². The highest BCUT2D eigenvalue weighted by molar-refractivity contribution is 6.30. The first kappa shape index (κ1) is 14.8. The van der Waals surface area contributed by atoms with E-state index in [0.717, 1.165) is 5.56 Å². The number of hydrogen-bond donors (Lipinski definition) is 1. The van der Waals surface area contributed by atoms with Crippen LogP contribution in [0, 0.1) is 12.7 Å². The van der Waals surface area contributed by atoms with E-state index in [4.69, 9.17) is 22.1 Å². The molecule has 0 aliphatic carbocycles. The third-order valence-corrected chi connectivity index (χ3v) is 3.28. The highest BCUT2D eigenvalue weighted by Crippen LogP contribution is 2.27. The minimum absolute atomic E-state index is 0.223. The zero-order chi connectivity index (χ0) is 14.7. The van der Waals surface area contributed by atoms with Crippen molar-refractivity contribution in [2.45, 2.75) is 26.0 Å². The number of hydrogen-bond acceptors (Lipinski definition) is 2. The molecule has 0 radical (unpaired) electrons. The molecule has 2 N–H and O–H groups in total. The van der Waals surface area contributed by atoms with Crippen LogP contribution in [0.25, 0.3) is 0 Å². The lowest BCUT2D eigenvalue weighted by molar-refractivity contribution is 0.180. The van der Waals surface area contributed by atoms with E-state index in [1.807, 2.05) is 25.1 Å². The van der Waals surface area contributed by atoms with Gasteiger partial charge in [-0.3, -0.25) is 0 Å². The summed E-state index contributed by atoms with van der Waals surface area (Å²) in [5, 5.41) is 0.632. The van der Waals surface area contributed by atoms with E-state index in [1.54, 1.807) is 25.1 Å². The van der Waals surface area contributed by atoms with Gasteiger partial charge in [-0.05, 0) is 55.3 Å². The van der Waals surface area contributed by atoms with Gasteiger partial charge < -0.3 is 10.5 Å². The van der Waals surface area contributed by atoms with E-state index in [0.29, 0.717) is 16.3 Å². The third-order valence-electron chi connectivity index (χ3n) is 3.05. The fourth-order valence-electron chi connectivity index (χ4n) is 2.00. The molecule has 0 bridgehead atoms. The molecule has 0 heterocycles. The Morgan fingerprint density at radius 1 is 1.20 bits per heavy atom. The van der Waals surface area contributed by atoms with Gasteiger partial charge in [0.2, 0.25) is 0 Å². The first-order chi connectivity index (χ1) is 9.47. The second-order valence-electron chi connectivity index (χ2n) is 4.86. The van der Waals surface area contributed by atoms with Gasteiger partial charge in [0, 0.05) is 11.1 Å². The van der Waals surface area contributed by atoms with Crippen molar-refractivity contribution in [1.29, 1.82) is 0 Å². The van der Waals surface area contributed by atoms with E-state index in [9.17, 15) is 4.39 Å². The molecular formula is C16H17ClFNO. The first-order valence-corrected chi connectivity index (χ1v) is 6.79. The number of benzene rings is 2. The minimum atomic E-state index is -0.335. The van der Waals surface area contributed by atoms with Crippen molar-refractivity contribution >= 4 is 11.6 Å². The summed E-state index contributed by atoms with van der Waals surface area (Å²) < 4.78 is 19.2. The molecule has 0 aromatic heterocycles. The Morgan fingerprint density at radius 2 is 1.95 bits per heavy atom. The molecule has 0 aliphatic rings. The number of aryl methyl sites for hydroxylation is 1. The molecule has 2 rings (SSSR count). The maximum absolute atomic E-state index is 13.3. The lowest BCUT2D eigenvalue weighted by Gasteiger charge is -2.23. The molecule has 2 unspecified atom stereocenters. The molecule has 0 saturated carbocycles. The maximum atomic E-state index is 13.3. The molecule has 0 aliphatic heterocycles. The van der Waals surface area contributed by atoms with E-state index >= 15 is 0 Å². The summed E-state index contributed by atoms with van der Waals surface area (Å²) in [6.45, 7) is 3.56. The standard InChI is InChI=1S/C16H17ClFNO/c1-10-8-14(6-7-15(10)18)20-16(11(2)19)12-4-3-5-13(17)9-12/h3-9,11,16H,19H2,1-2H3. The summed E-state index contributed by atoms with van der Waals surface area (Å²) in [4.78, 5) is 0. The molecule has 20 heavy (non-hydrogen) atoms. The van der Waals surface area contributed by atoms with Crippen LogP contribution in [-0.4, -0.2) is 6.04 Å². The lowest BCUT2D eigenvalue weighted by Crippen LogP contribution is -2.29. The second kappa shape index (κ2) is 6.25. The van der Waals surface area contributed by atoms with Gasteiger partial charge in [-0.1, -0.05) is 23.7 Å². The zero-order valence-corrected chi connectivity index (χ0v) is 12.2. The quantitative estimate of drug-likeness (QED) is 0.914. The molecule has 2 atom stereocenters. The van der Waals surface area contributed by atoms with E-state index < -0.39 is 0 Å². The fraction of sp³-hybridized carbons (Fsp3) is 0.250. The largest absolute Gasteiger partial charge is 0.484 e. The predicted octanol–water partition coefficient (Wildman–Crippen LogP) is 4.25. The van der Waals surface area contributed by atoms with E-state index in [-0.39, 0.29) is 18.0 Å². The lowest BCUT2D eigenvalue weighted by atomic mass is 10.0. The van der Waals surface area contributed by atoms with Gasteiger partial charge in [0.1, 0.15) is 17.7 Å². The van der Waals surface area contributed by atoms with Crippen LogP contribution in [0.5, 0.6) is 5.75 Å². The highest BCUT2D eigenvalue weighted by Gasteiger charge is 2.19. The van der Waals surface area contributed by atoms with Crippen LogP contribution in [-0.2, 0) is 0 Å². The number of rotatable bonds is 4. The minimum Gasteiger partial charge on any atom is -0.484 e. The maximum Gasteiger partial charge on any atom is 0.138 e. The van der Waals surface area contributed by atoms with Crippen molar-refractivity contribution in [3.05, 3.63) is 64.4 Å². The van der Waals surface area contributed by atoms with Crippen LogP contribution in [0.4, 0.5) is 4.39 Å². The zero-order valence-electron chi connectivity index (χ0n) is 11.4. The summed E-state index contributed by atoms with van der Waals surface area (Å²) in [7, 11) is 0. The molecule has 2 aromatic carbocycles. The van der Waals surface area contributed by atoms with Crippen molar-refractivity contribution < 1.29 is 9.13 Å². The smallest absolute Gasteiger partial charge is 0.138 e. The summed E-state index contributed by atoms with van der Waals surface area (Å²) in [5.41, 5.74) is 7.43. The van der Waals surface area contributed by atoms with Gasteiger partial charge in [0.15, 0.2) is 0 Å². The van der Waals surface area contributed by atoms with Gasteiger partial charge in [0.25, 0.3) is 0 Å². The van der Waals surface area contributed by atoms with Gasteiger partial charge >= 0.3 is 0 Å². The molecule has 106 valence electrons. The average molecular weight is 294 g/mol. The molecular weight excluding hydrogens is 277 g/mol. The Kier molecular flexibility index (Phi) is 4.63. The molecule has 0 fully saturated rings. The molecule has 0 amide bonds. The SMILES string of the molecule is Cc1cc(OC(c2cccc(Cl)c2)C(C)N)ccc1F. The van der Waals surface area contributed by atoms with E-state index in [1.165, 1.54) is 6.07 Å². The number of nitrogens with two attached hydrogens (primary N) is 1. The van der Waals surface area contributed by atoms with Crippen LogP contribution < -0.4 is 10.5 Å².